The molecule has 0 bridgehead atoms. The maximum Gasteiger partial charge on any atom is 0.326 e. The summed E-state index contributed by atoms with van der Waals surface area (Å²) in [5.74, 6) is -0.263. The Bertz CT molecular complexity index is 288. The number of carboxylic acid groups (broad SMARTS) is 1. The Labute approximate surface area is 126 Å². The van der Waals surface area contributed by atoms with Gasteiger partial charge < -0.3 is 15.7 Å². The van der Waals surface area contributed by atoms with Crippen LogP contribution in [0, 0.1) is 0 Å². The lowest BCUT2D eigenvalue weighted by molar-refractivity contribution is -0.139. The van der Waals surface area contributed by atoms with Crippen molar-refractivity contribution in [3.8, 4) is 0 Å². The third kappa shape index (κ3) is 9.07. The SMILES string of the molecule is CCCCC(CCC)NC(=O)N[C@@H](CCSC)C(=O)O. The molecular weight excluding hydrogens is 276 g/mol. The van der Waals surface area contributed by atoms with Crippen molar-refractivity contribution in [2.75, 3.05) is 12.0 Å². The zero-order valence-electron chi connectivity index (χ0n) is 12.8. The van der Waals surface area contributed by atoms with Crippen LogP contribution < -0.4 is 10.6 Å². The molecule has 6 heteroatoms. The second-order valence-electron chi connectivity index (χ2n) is 4.92. The van der Waals surface area contributed by atoms with Crippen LogP contribution in [0.3, 0.4) is 0 Å². The van der Waals surface area contributed by atoms with Gasteiger partial charge in [0.1, 0.15) is 6.04 Å². The van der Waals surface area contributed by atoms with Gasteiger partial charge in [-0.3, -0.25) is 0 Å². The Morgan fingerprint density at radius 3 is 2.30 bits per heavy atom. The van der Waals surface area contributed by atoms with E-state index >= 15 is 0 Å². The summed E-state index contributed by atoms with van der Waals surface area (Å²) in [6.07, 6.45) is 7.40. The van der Waals surface area contributed by atoms with Gasteiger partial charge in [-0.2, -0.15) is 11.8 Å². The van der Waals surface area contributed by atoms with E-state index in [4.69, 9.17) is 5.11 Å². The lowest BCUT2D eigenvalue weighted by Gasteiger charge is -2.20. The van der Waals surface area contributed by atoms with Crippen molar-refractivity contribution in [2.45, 2.75) is 64.5 Å². The largest absolute Gasteiger partial charge is 0.480 e. The third-order valence-electron chi connectivity index (χ3n) is 3.09. The van der Waals surface area contributed by atoms with Crippen LogP contribution >= 0.6 is 11.8 Å². The molecule has 0 saturated carbocycles. The van der Waals surface area contributed by atoms with Crippen molar-refractivity contribution >= 4 is 23.8 Å². The second kappa shape index (κ2) is 11.9. The number of unbranched alkanes of at least 4 members (excludes halogenated alkanes) is 1. The lowest BCUT2D eigenvalue weighted by atomic mass is 10.1. The number of carboxylic acids is 1. The van der Waals surface area contributed by atoms with E-state index in [1.807, 2.05) is 6.26 Å². The second-order valence-corrected chi connectivity index (χ2v) is 5.90. The molecule has 0 aliphatic carbocycles. The van der Waals surface area contributed by atoms with Crippen molar-refractivity contribution in [3.05, 3.63) is 0 Å². The fourth-order valence-electron chi connectivity index (χ4n) is 1.97. The molecule has 5 nitrogen and oxygen atoms in total. The van der Waals surface area contributed by atoms with Gasteiger partial charge in [0, 0.05) is 6.04 Å². The molecule has 1 unspecified atom stereocenters. The molecule has 0 aromatic carbocycles. The van der Waals surface area contributed by atoms with Crippen molar-refractivity contribution in [1.29, 1.82) is 0 Å². The lowest BCUT2D eigenvalue weighted by Crippen LogP contribution is -2.49. The maximum absolute atomic E-state index is 11.9. The van der Waals surface area contributed by atoms with Crippen LogP contribution in [0.2, 0.25) is 0 Å². The Morgan fingerprint density at radius 2 is 1.80 bits per heavy atom. The predicted octanol–water partition coefficient (Wildman–Crippen LogP) is 2.85. The zero-order chi connectivity index (χ0) is 15.4. The van der Waals surface area contributed by atoms with Gasteiger partial charge in [-0.25, -0.2) is 9.59 Å². The summed E-state index contributed by atoms with van der Waals surface area (Å²) >= 11 is 1.57. The smallest absolute Gasteiger partial charge is 0.326 e. The van der Waals surface area contributed by atoms with Gasteiger partial charge in [0.25, 0.3) is 0 Å². The fraction of sp³-hybridized carbons (Fsp3) is 0.857. The molecule has 0 aromatic rings. The Hall–Kier alpha value is -0.910. The van der Waals surface area contributed by atoms with E-state index in [1.165, 1.54) is 0 Å². The molecule has 0 fully saturated rings. The van der Waals surface area contributed by atoms with Crippen LogP contribution in [0.1, 0.15) is 52.4 Å². The van der Waals surface area contributed by atoms with Gasteiger partial charge in [-0.1, -0.05) is 33.1 Å². The Kier molecular flexibility index (Phi) is 11.3. The van der Waals surface area contributed by atoms with Gasteiger partial charge in [-0.15, -0.1) is 0 Å². The maximum atomic E-state index is 11.9. The van der Waals surface area contributed by atoms with E-state index < -0.39 is 12.0 Å². The van der Waals surface area contributed by atoms with Crippen LogP contribution in [-0.2, 0) is 4.79 Å². The normalized spacial score (nSPS) is 13.6. The standard InChI is InChI=1S/C14H28N2O3S/c1-4-6-8-11(7-5-2)15-14(19)16-12(13(17)18)9-10-20-3/h11-12H,4-10H2,1-3H3,(H,17,18)(H2,15,16,19)/t11?,12-/m0/s1. The fourth-order valence-corrected chi connectivity index (χ4v) is 2.44. The summed E-state index contributed by atoms with van der Waals surface area (Å²) in [4.78, 5) is 22.9. The summed E-state index contributed by atoms with van der Waals surface area (Å²) in [6.45, 7) is 4.20. The number of nitrogens with one attached hydrogen (secondary N) is 2. The highest BCUT2D eigenvalue weighted by molar-refractivity contribution is 7.98. The van der Waals surface area contributed by atoms with Gasteiger partial charge in [0.05, 0.1) is 0 Å². The van der Waals surface area contributed by atoms with Crippen LogP contribution in [0.15, 0.2) is 0 Å². The van der Waals surface area contributed by atoms with Crippen molar-refractivity contribution < 1.29 is 14.7 Å². The average Bonchev–Trinajstić information content (AvgIpc) is 2.40. The molecule has 2 amide bonds. The molecule has 0 spiro atoms. The van der Waals surface area contributed by atoms with Gasteiger partial charge in [-0.05, 0) is 31.3 Å². The first-order valence-electron chi connectivity index (χ1n) is 7.33. The zero-order valence-corrected chi connectivity index (χ0v) is 13.6. The molecule has 2 atom stereocenters. The molecule has 0 aromatic heterocycles. The van der Waals surface area contributed by atoms with Crippen LogP contribution in [0.5, 0.6) is 0 Å². The van der Waals surface area contributed by atoms with E-state index in [1.54, 1.807) is 11.8 Å². The number of thioether (sulfide) groups is 1. The van der Waals surface area contributed by atoms with Crippen molar-refractivity contribution in [2.24, 2.45) is 0 Å². The molecule has 0 heterocycles. The number of carbonyl (C=O) groups is 2. The number of aliphatic carboxylic acids is 1. The number of hydrogen-bond acceptors (Lipinski definition) is 3. The number of rotatable bonds is 11. The van der Waals surface area contributed by atoms with Crippen molar-refractivity contribution in [3.63, 3.8) is 0 Å². The number of carbonyl (C=O) groups excluding carboxylic acids is 1. The van der Waals surface area contributed by atoms with E-state index in [0.29, 0.717) is 12.2 Å². The molecule has 0 aliphatic rings. The van der Waals surface area contributed by atoms with Gasteiger partial charge in [0.2, 0.25) is 0 Å². The van der Waals surface area contributed by atoms with Crippen LogP contribution in [0.25, 0.3) is 0 Å². The summed E-state index contributed by atoms with van der Waals surface area (Å²) in [5, 5.41) is 14.5. The molecule has 20 heavy (non-hydrogen) atoms. The van der Waals surface area contributed by atoms with Crippen LogP contribution in [-0.4, -0.2) is 41.2 Å². The summed E-state index contributed by atoms with van der Waals surface area (Å²) in [7, 11) is 0. The minimum absolute atomic E-state index is 0.134. The van der Waals surface area contributed by atoms with Crippen LogP contribution in [0.4, 0.5) is 4.79 Å². The first-order valence-corrected chi connectivity index (χ1v) is 8.73. The third-order valence-corrected chi connectivity index (χ3v) is 3.74. The Morgan fingerprint density at radius 1 is 1.10 bits per heavy atom. The predicted molar refractivity (Wildman–Crippen MR) is 84.3 cm³/mol. The topological polar surface area (TPSA) is 78.4 Å². The van der Waals surface area contributed by atoms with Gasteiger partial charge >= 0.3 is 12.0 Å². The summed E-state index contributed by atoms with van der Waals surface area (Å²) in [5.41, 5.74) is 0. The van der Waals surface area contributed by atoms with Crippen molar-refractivity contribution in [1.82, 2.24) is 10.6 Å². The molecule has 3 N–H and O–H groups in total. The van der Waals surface area contributed by atoms with E-state index in [9.17, 15) is 9.59 Å². The first kappa shape index (κ1) is 19.1. The average molecular weight is 304 g/mol. The highest BCUT2D eigenvalue weighted by Crippen LogP contribution is 2.07. The summed E-state index contributed by atoms with van der Waals surface area (Å²) < 4.78 is 0. The molecule has 118 valence electrons. The molecular formula is C14H28N2O3S. The van der Waals surface area contributed by atoms with E-state index in [2.05, 4.69) is 24.5 Å². The number of urea groups is 1. The number of hydrogen-bond donors (Lipinski definition) is 3. The van der Waals surface area contributed by atoms with Gasteiger partial charge in [0.15, 0.2) is 0 Å². The summed E-state index contributed by atoms with van der Waals surface area (Å²) in [6, 6.07) is -1.04. The quantitative estimate of drug-likeness (QED) is 0.548. The molecule has 0 radical (unpaired) electrons. The number of amides is 2. The highest BCUT2D eigenvalue weighted by atomic mass is 32.2. The first-order chi connectivity index (χ1) is 9.54. The van der Waals surface area contributed by atoms with E-state index in [0.717, 1.165) is 32.1 Å². The monoisotopic (exact) mass is 304 g/mol. The van der Waals surface area contributed by atoms with E-state index in [-0.39, 0.29) is 12.1 Å². The minimum Gasteiger partial charge on any atom is -0.480 e. The molecule has 0 rings (SSSR count). The molecule has 0 aliphatic heterocycles. The minimum atomic E-state index is -0.977. The Balaban J connectivity index is 4.28. The molecule has 0 saturated heterocycles. The highest BCUT2D eigenvalue weighted by Gasteiger charge is 2.20.